The van der Waals surface area contributed by atoms with Crippen molar-refractivity contribution in [2.24, 2.45) is 0 Å². The van der Waals surface area contributed by atoms with Crippen LogP contribution < -0.4 is 20.1 Å². The van der Waals surface area contributed by atoms with Crippen molar-refractivity contribution in [1.82, 2.24) is 14.9 Å². The fourth-order valence-electron chi connectivity index (χ4n) is 2.65. The second-order valence-electron chi connectivity index (χ2n) is 5.68. The zero-order chi connectivity index (χ0) is 16.9. The summed E-state index contributed by atoms with van der Waals surface area (Å²) in [5, 5.41) is 5.64. The van der Waals surface area contributed by atoms with Gasteiger partial charge in [0.2, 0.25) is 0 Å². The molecule has 1 aliphatic carbocycles. The maximum absolute atomic E-state index is 12.1. The van der Waals surface area contributed by atoms with E-state index in [1.54, 1.807) is 32.4 Å². The van der Waals surface area contributed by atoms with Crippen molar-refractivity contribution in [2.75, 3.05) is 26.1 Å². The summed E-state index contributed by atoms with van der Waals surface area (Å²) in [5.74, 6) is 2.78. The number of aromatic nitrogens is 2. The van der Waals surface area contributed by atoms with E-state index < -0.39 is 0 Å². The van der Waals surface area contributed by atoms with Crippen molar-refractivity contribution in [3.63, 3.8) is 0 Å². The molecule has 3 rings (SSSR count). The van der Waals surface area contributed by atoms with Gasteiger partial charge >= 0.3 is 6.03 Å². The van der Waals surface area contributed by atoms with Crippen LogP contribution in [0, 0.1) is 0 Å². The molecule has 1 aliphatic rings. The van der Waals surface area contributed by atoms with Gasteiger partial charge in [0.1, 0.15) is 5.82 Å². The van der Waals surface area contributed by atoms with E-state index in [0.29, 0.717) is 36.2 Å². The number of methoxy groups -OCH3 is 2. The lowest BCUT2D eigenvalue weighted by molar-refractivity contribution is 0.251. The number of nitrogens with zero attached hydrogens (tertiary/aromatic N) is 2. The molecule has 2 N–H and O–H groups in total. The molecule has 0 atom stereocenters. The van der Waals surface area contributed by atoms with Gasteiger partial charge in [-0.1, -0.05) is 6.07 Å². The minimum absolute atomic E-state index is 0.283. The zero-order valence-electron chi connectivity index (χ0n) is 13.9. The molecule has 128 valence electrons. The average molecular weight is 330 g/mol. The first-order chi connectivity index (χ1) is 11.7. The summed E-state index contributed by atoms with van der Waals surface area (Å²) in [4.78, 5) is 16.5. The second-order valence-corrected chi connectivity index (χ2v) is 5.68. The van der Waals surface area contributed by atoms with Crippen molar-refractivity contribution < 1.29 is 14.3 Å². The average Bonchev–Trinajstić information content (AvgIpc) is 3.33. The molecule has 0 radical (unpaired) electrons. The lowest BCUT2D eigenvalue weighted by atomic mass is 10.2. The predicted octanol–water partition coefficient (Wildman–Crippen LogP) is 2.60. The number of anilines is 1. The smallest absolute Gasteiger partial charge is 0.319 e. The molecule has 2 amide bonds. The molecule has 24 heavy (non-hydrogen) atoms. The summed E-state index contributed by atoms with van der Waals surface area (Å²) >= 11 is 0. The third kappa shape index (κ3) is 3.61. The monoisotopic (exact) mass is 330 g/mol. The quantitative estimate of drug-likeness (QED) is 0.818. The van der Waals surface area contributed by atoms with Crippen LogP contribution in [0.4, 0.5) is 10.5 Å². The molecule has 0 unspecified atom stereocenters. The van der Waals surface area contributed by atoms with E-state index in [1.165, 1.54) is 12.8 Å². The summed E-state index contributed by atoms with van der Waals surface area (Å²) in [6, 6.07) is 5.06. The van der Waals surface area contributed by atoms with Gasteiger partial charge in [0.15, 0.2) is 11.5 Å². The van der Waals surface area contributed by atoms with Crippen molar-refractivity contribution in [3.8, 4) is 11.5 Å². The Bertz CT molecular complexity index is 710. The van der Waals surface area contributed by atoms with Crippen molar-refractivity contribution >= 4 is 11.7 Å². The van der Waals surface area contributed by atoms with Crippen molar-refractivity contribution in [1.29, 1.82) is 0 Å². The number of amides is 2. The van der Waals surface area contributed by atoms with Gasteiger partial charge in [-0.25, -0.2) is 9.78 Å². The Hall–Kier alpha value is -2.70. The van der Waals surface area contributed by atoms with Gasteiger partial charge in [-0.2, -0.15) is 0 Å². The highest BCUT2D eigenvalue weighted by molar-refractivity contribution is 5.91. The van der Waals surface area contributed by atoms with E-state index in [9.17, 15) is 4.79 Å². The fraction of sp³-hybridized carbons (Fsp3) is 0.412. The zero-order valence-corrected chi connectivity index (χ0v) is 13.9. The van der Waals surface area contributed by atoms with Crippen LogP contribution in [0.1, 0.15) is 24.6 Å². The highest BCUT2D eigenvalue weighted by Crippen LogP contribution is 2.38. The van der Waals surface area contributed by atoms with Gasteiger partial charge in [-0.15, -0.1) is 0 Å². The Morgan fingerprint density at radius 1 is 1.33 bits per heavy atom. The molecule has 0 spiro atoms. The Kier molecular flexibility index (Phi) is 4.88. The lowest BCUT2D eigenvalue weighted by Crippen LogP contribution is -2.31. The number of para-hydroxylation sites is 1. The minimum Gasteiger partial charge on any atom is -0.493 e. The summed E-state index contributed by atoms with van der Waals surface area (Å²) in [6.07, 6.45) is 6.19. The lowest BCUT2D eigenvalue weighted by Gasteiger charge is -2.14. The van der Waals surface area contributed by atoms with Crippen LogP contribution in [0.2, 0.25) is 0 Å². The number of ether oxygens (including phenoxy) is 2. The molecule has 1 heterocycles. The second kappa shape index (κ2) is 7.25. The number of urea groups is 1. The Morgan fingerprint density at radius 3 is 2.88 bits per heavy atom. The van der Waals surface area contributed by atoms with E-state index in [0.717, 1.165) is 5.82 Å². The SMILES string of the molecule is COc1cccc(NC(=O)NCCn2ccnc2C2CC2)c1OC. The van der Waals surface area contributed by atoms with Gasteiger partial charge in [0, 0.05) is 31.4 Å². The number of benzene rings is 1. The van der Waals surface area contributed by atoms with E-state index in [2.05, 4.69) is 20.2 Å². The highest BCUT2D eigenvalue weighted by atomic mass is 16.5. The first-order valence-electron chi connectivity index (χ1n) is 7.99. The molecular formula is C17H22N4O3. The summed E-state index contributed by atoms with van der Waals surface area (Å²) in [5.41, 5.74) is 0.565. The van der Waals surface area contributed by atoms with E-state index >= 15 is 0 Å². The van der Waals surface area contributed by atoms with Crippen LogP contribution in [0.5, 0.6) is 11.5 Å². The number of nitrogens with one attached hydrogen (secondary N) is 2. The van der Waals surface area contributed by atoms with Crippen LogP contribution in [0.3, 0.4) is 0 Å². The minimum atomic E-state index is -0.283. The van der Waals surface area contributed by atoms with Gasteiger partial charge in [-0.3, -0.25) is 0 Å². The molecule has 1 saturated carbocycles. The number of hydrogen-bond donors (Lipinski definition) is 2. The molecule has 7 heteroatoms. The molecular weight excluding hydrogens is 308 g/mol. The van der Waals surface area contributed by atoms with Gasteiger partial charge < -0.3 is 24.7 Å². The summed E-state index contributed by atoms with van der Waals surface area (Å²) < 4.78 is 12.6. The van der Waals surface area contributed by atoms with Crippen molar-refractivity contribution in [3.05, 3.63) is 36.4 Å². The molecule has 1 aromatic heterocycles. The molecule has 1 aromatic carbocycles. The van der Waals surface area contributed by atoms with E-state index in [-0.39, 0.29) is 6.03 Å². The Morgan fingerprint density at radius 2 is 2.17 bits per heavy atom. The topological polar surface area (TPSA) is 77.4 Å². The summed E-state index contributed by atoms with van der Waals surface area (Å²) in [6.45, 7) is 1.22. The van der Waals surface area contributed by atoms with Crippen LogP contribution >= 0.6 is 0 Å². The Balaban J connectivity index is 1.53. The standard InChI is InChI=1S/C17H22N4O3/c1-23-14-5-3-4-13(15(14)24-2)20-17(22)19-9-11-21-10-8-18-16(21)12-6-7-12/h3-5,8,10,12H,6-7,9,11H2,1-2H3,(H2,19,20,22). The van der Waals surface area contributed by atoms with Crippen LogP contribution in [-0.4, -0.2) is 36.3 Å². The molecule has 0 saturated heterocycles. The van der Waals surface area contributed by atoms with Gasteiger partial charge in [0.25, 0.3) is 0 Å². The number of rotatable bonds is 7. The number of carbonyl (C=O) groups is 1. The molecule has 1 fully saturated rings. The number of hydrogen-bond acceptors (Lipinski definition) is 4. The first-order valence-corrected chi connectivity index (χ1v) is 7.99. The van der Waals surface area contributed by atoms with Gasteiger partial charge in [0.05, 0.1) is 19.9 Å². The fourth-order valence-corrected chi connectivity index (χ4v) is 2.65. The number of imidazole rings is 1. The van der Waals surface area contributed by atoms with Gasteiger partial charge in [-0.05, 0) is 25.0 Å². The first kappa shape index (κ1) is 16.2. The largest absolute Gasteiger partial charge is 0.493 e. The molecule has 0 bridgehead atoms. The van der Waals surface area contributed by atoms with E-state index in [4.69, 9.17) is 9.47 Å². The van der Waals surface area contributed by atoms with Crippen LogP contribution in [0.15, 0.2) is 30.6 Å². The normalized spacial score (nSPS) is 13.4. The van der Waals surface area contributed by atoms with Crippen LogP contribution in [0.25, 0.3) is 0 Å². The predicted molar refractivity (Wildman–Crippen MR) is 90.8 cm³/mol. The molecule has 0 aliphatic heterocycles. The molecule has 2 aromatic rings. The Labute approximate surface area is 141 Å². The maximum atomic E-state index is 12.1. The summed E-state index contributed by atoms with van der Waals surface area (Å²) in [7, 11) is 3.10. The maximum Gasteiger partial charge on any atom is 0.319 e. The van der Waals surface area contributed by atoms with Crippen molar-refractivity contribution in [2.45, 2.75) is 25.3 Å². The molecule has 7 nitrogen and oxygen atoms in total. The number of carbonyl (C=O) groups excluding carboxylic acids is 1. The third-order valence-electron chi connectivity index (χ3n) is 3.98. The van der Waals surface area contributed by atoms with Crippen LogP contribution in [-0.2, 0) is 6.54 Å². The third-order valence-corrected chi connectivity index (χ3v) is 3.98. The highest BCUT2D eigenvalue weighted by Gasteiger charge is 2.27. The van der Waals surface area contributed by atoms with E-state index in [1.807, 2.05) is 12.4 Å².